The van der Waals surface area contributed by atoms with Crippen molar-refractivity contribution < 1.29 is 19.0 Å². The Labute approximate surface area is 147 Å². The first-order chi connectivity index (χ1) is 12.2. The lowest BCUT2D eigenvalue weighted by Crippen LogP contribution is -2.47. The average Bonchev–Trinajstić information content (AvgIpc) is 3.01. The highest BCUT2D eigenvalue weighted by Gasteiger charge is 2.59. The first-order valence-corrected chi connectivity index (χ1v) is 9.28. The molecular formula is C18H25N3O4. The maximum atomic E-state index is 13.0. The first kappa shape index (κ1) is 15.8. The van der Waals surface area contributed by atoms with Gasteiger partial charge < -0.3 is 23.7 Å². The molecule has 1 saturated carbocycles. The van der Waals surface area contributed by atoms with E-state index in [0.29, 0.717) is 50.7 Å². The molecule has 1 aliphatic carbocycles. The molecule has 0 aromatic carbocycles. The Morgan fingerprint density at radius 1 is 1.24 bits per heavy atom. The lowest BCUT2D eigenvalue weighted by Gasteiger charge is -2.31. The molecular weight excluding hydrogens is 322 g/mol. The Balaban J connectivity index is 1.25. The van der Waals surface area contributed by atoms with Crippen LogP contribution in [0.15, 0.2) is 18.7 Å². The van der Waals surface area contributed by atoms with Crippen molar-refractivity contribution in [3.05, 3.63) is 18.7 Å². The molecule has 7 heteroatoms. The number of carbonyl (C=O) groups is 1. The van der Waals surface area contributed by atoms with Gasteiger partial charge in [0.1, 0.15) is 5.60 Å². The minimum absolute atomic E-state index is 0.173. The number of hydrogen-bond acceptors (Lipinski definition) is 5. The van der Waals surface area contributed by atoms with E-state index in [-0.39, 0.29) is 17.4 Å². The Hall–Kier alpha value is -1.44. The van der Waals surface area contributed by atoms with E-state index in [4.69, 9.17) is 14.2 Å². The van der Waals surface area contributed by atoms with Gasteiger partial charge in [-0.1, -0.05) is 0 Å². The van der Waals surface area contributed by atoms with Crippen molar-refractivity contribution in [2.75, 3.05) is 46.1 Å². The molecule has 4 heterocycles. The van der Waals surface area contributed by atoms with Crippen LogP contribution in [0.2, 0.25) is 0 Å². The van der Waals surface area contributed by atoms with Gasteiger partial charge in [-0.2, -0.15) is 0 Å². The van der Waals surface area contributed by atoms with Crippen molar-refractivity contribution in [3.8, 4) is 0 Å². The molecule has 7 nitrogen and oxygen atoms in total. The average molecular weight is 347 g/mol. The summed E-state index contributed by atoms with van der Waals surface area (Å²) in [4.78, 5) is 19.1. The summed E-state index contributed by atoms with van der Waals surface area (Å²) in [6.07, 6.45) is 6.56. The molecule has 1 aromatic rings. The minimum atomic E-state index is -0.349. The Morgan fingerprint density at radius 2 is 2.12 bits per heavy atom. The number of nitrogens with zero attached hydrogens (tertiary/aromatic N) is 3. The van der Waals surface area contributed by atoms with Crippen LogP contribution in [-0.4, -0.2) is 72.1 Å². The molecule has 4 aliphatic rings. The topological polar surface area (TPSA) is 65.8 Å². The number of hydrogen-bond donors (Lipinski definition) is 0. The number of aromatic nitrogens is 2. The number of amides is 1. The normalized spacial score (nSPS) is 40.2. The van der Waals surface area contributed by atoms with Crippen molar-refractivity contribution in [3.63, 3.8) is 0 Å². The second-order valence-electron chi connectivity index (χ2n) is 8.03. The number of ether oxygens (including phenoxy) is 3. The molecule has 3 unspecified atom stereocenters. The fraction of sp³-hybridized carbons (Fsp3) is 0.778. The van der Waals surface area contributed by atoms with Gasteiger partial charge in [-0.25, -0.2) is 4.98 Å². The summed E-state index contributed by atoms with van der Waals surface area (Å²) in [5.41, 5.74) is -0.349. The second kappa shape index (κ2) is 6.07. The van der Waals surface area contributed by atoms with Crippen LogP contribution in [0.4, 0.5) is 0 Å². The van der Waals surface area contributed by atoms with Gasteiger partial charge in [-0.15, -0.1) is 0 Å². The quantitative estimate of drug-likeness (QED) is 0.792. The van der Waals surface area contributed by atoms with Crippen LogP contribution in [0.1, 0.15) is 6.42 Å². The van der Waals surface area contributed by atoms with Crippen molar-refractivity contribution in [2.24, 2.45) is 23.7 Å². The summed E-state index contributed by atoms with van der Waals surface area (Å²) in [5, 5.41) is 0. The van der Waals surface area contributed by atoms with Gasteiger partial charge in [0.25, 0.3) is 0 Å². The lowest BCUT2D eigenvalue weighted by atomic mass is 9.94. The molecule has 25 heavy (non-hydrogen) atoms. The van der Waals surface area contributed by atoms with Gasteiger partial charge >= 0.3 is 0 Å². The van der Waals surface area contributed by atoms with E-state index in [1.807, 2.05) is 17.4 Å². The van der Waals surface area contributed by atoms with E-state index < -0.39 is 0 Å². The van der Waals surface area contributed by atoms with E-state index >= 15 is 0 Å². The zero-order valence-corrected chi connectivity index (χ0v) is 14.4. The van der Waals surface area contributed by atoms with Gasteiger partial charge in [0.05, 0.1) is 45.9 Å². The molecule has 3 aliphatic heterocycles. The molecule has 5 atom stereocenters. The Morgan fingerprint density at radius 3 is 2.92 bits per heavy atom. The van der Waals surface area contributed by atoms with Crippen molar-refractivity contribution in [1.29, 1.82) is 0 Å². The highest BCUT2D eigenvalue weighted by Crippen LogP contribution is 2.51. The first-order valence-electron chi connectivity index (χ1n) is 9.28. The highest BCUT2D eigenvalue weighted by atomic mass is 16.5. The van der Waals surface area contributed by atoms with Gasteiger partial charge in [0.15, 0.2) is 0 Å². The van der Waals surface area contributed by atoms with Crippen LogP contribution < -0.4 is 0 Å². The van der Waals surface area contributed by atoms with Crippen LogP contribution in [0, 0.1) is 23.7 Å². The number of imidazole rings is 1. The van der Waals surface area contributed by atoms with Crippen LogP contribution in [0.3, 0.4) is 0 Å². The molecule has 1 amide bonds. The number of carbonyl (C=O) groups excluding carboxylic acids is 1. The molecule has 4 fully saturated rings. The standard InChI is InChI=1S/C18H25N3O4/c22-17(16-14-8-24-9-15(14)16)21-3-4-23-11-18(10-21)5-13(7-25-18)6-20-2-1-19-12-20/h1-2,12-16H,3-11H2/t13?,14-,15+,16?,18?. The van der Waals surface area contributed by atoms with Crippen molar-refractivity contribution in [2.45, 2.75) is 18.6 Å². The predicted molar refractivity (Wildman–Crippen MR) is 87.7 cm³/mol. The van der Waals surface area contributed by atoms with E-state index in [1.54, 1.807) is 6.20 Å². The molecule has 0 radical (unpaired) electrons. The summed E-state index contributed by atoms with van der Waals surface area (Å²) in [7, 11) is 0. The SMILES string of the molecule is O=C(C1[C@H]2COC[C@@H]12)N1CCOCC2(CC(Cn3ccnc3)CO2)C1. The van der Waals surface area contributed by atoms with E-state index in [1.165, 1.54) is 0 Å². The van der Waals surface area contributed by atoms with Gasteiger partial charge in [-0.3, -0.25) is 4.79 Å². The molecule has 1 aromatic heterocycles. The van der Waals surface area contributed by atoms with Gasteiger partial charge in [0.2, 0.25) is 5.91 Å². The van der Waals surface area contributed by atoms with Crippen molar-refractivity contribution >= 4 is 5.91 Å². The second-order valence-corrected chi connectivity index (χ2v) is 8.03. The molecule has 5 rings (SSSR count). The summed E-state index contributed by atoms with van der Waals surface area (Å²) < 4.78 is 19.6. The van der Waals surface area contributed by atoms with Crippen LogP contribution in [0.25, 0.3) is 0 Å². The lowest BCUT2D eigenvalue weighted by molar-refractivity contribution is -0.137. The van der Waals surface area contributed by atoms with Crippen LogP contribution >= 0.6 is 0 Å². The van der Waals surface area contributed by atoms with Gasteiger partial charge in [-0.05, 0) is 18.3 Å². The maximum Gasteiger partial charge on any atom is 0.226 e. The fourth-order valence-electron chi connectivity index (χ4n) is 4.87. The molecule has 3 saturated heterocycles. The summed E-state index contributed by atoms with van der Waals surface area (Å²) >= 11 is 0. The van der Waals surface area contributed by atoms with Crippen LogP contribution in [-0.2, 0) is 25.5 Å². The van der Waals surface area contributed by atoms with E-state index in [0.717, 1.165) is 26.2 Å². The van der Waals surface area contributed by atoms with Crippen LogP contribution in [0.5, 0.6) is 0 Å². The van der Waals surface area contributed by atoms with E-state index in [9.17, 15) is 4.79 Å². The summed E-state index contributed by atoms with van der Waals surface area (Å²) in [6.45, 7) is 5.63. The summed E-state index contributed by atoms with van der Waals surface area (Å²) in [5.74, 6) is 1.79. The Kier molecular flexibility index (Phi) is 3.83. The minimum Gasteiger partial charge on any atom is -0.381 e. The number of fused-ring (bicyclic) bond motifs is 1. The monoisotopic (exact) mass is 347 g/mol. The number of rotatable bonds is 3. The third-order valence-corrected chi connectivity index (χ3v) is 6.21. The smallest absolute Gasteiger partial charge is 0.226 e. The molecule has 0 N–H and O–H groups in total. The highest BCUT2D eigenvalue weighted by molar-refractivity contribution is 5.82. The zero-order chi connectivity index (χ0) is 16.9. The third-order valence-electron chi connectivity index (χ3n) is 6.21. The molecule has 1 spiro atoms. The molecule has 0 bridgehead atoms. The molecule has 136 valence electrons. The largest absolute Gasteiger partial charge is 0.381 e. The summed E-state index contributed by atoms with van der Waals surface area (Å²) in [6, 6.07) is 0. The predicted octanol–water partition coefficient (Wildman–Crippen LogP) is 0.410. The maximum absolute atomic E-state index is 13.0. The zero-order valence-electron chi connectivity index (χ0n) is 14.4. The third kappa shape index (κ3) is 2.88. The van der Waals surface area contributed by atoms with Gasteiger partial charge in [0, 0.05) is 37.3 Å². The van der Waals surface area contributed by atoms with E-state index in [2.05, 4.69) is 9.55 Å². The fourth-order valence-corrected chi connectivity index (χ4v) is 4.87. The van der Waals surface area contributed by atoms with Crippen molar-refractivity contribution in [1.82, 2.24) is 14.5 Å². The Bertz CT molecular complexity index is 626.